The van der Waals surface area contributed by atoms with Gasteiger partial charge in [0.15, 0.2) is 0 Å². The maximum atomic E-state index is 12.8. The van der Waals surface area contributed by atoms with Crippen molar-refractivity contribution >= 4 is 11.8 Å². The summed E-state index contributed by atoms with van der Waals surface area (Å²) in [6, 6.07) is 17.9. The van der Waals surface area contributed by atoms with Crippen LogP contribution in [0.2, 0.25) is 0 Å². The average Bonchev–Trinajstić information content (AvgIpc) is 3.33. The van der Waals surface area contributed by atoms with Gasteiger partial charge in [0.25, 0.3) is 0 Å². The lowest BCUT2D eigenvalue weighted by Crippen LogP contribution is -2.46. The van der Waals surface area contributed by atoms with E-state index in [4.69, 9.17) is 4.74 Å². The molecule has 0 spiro atoms. The highest BCUT2D eigenvalue weighted by molar-refractivity contribution is 5.83. The fourth-order valence-electron chi connectivity index (χ4n) is 4.20. The topological polar surface area (TPSA) is 76.5 Å². The van der Waals surface area contributed by atoms with Crippen LogP contribution in [0, 0.1) is 5.92 Å². The predicted octanol–water partition coefficient (Wildman–Crippen LogP) is 3.37. The van der Waals surface area contributed by atoms with Gasteiger partial charge < -0.3 is 15.0 Å². The van der Waals surface area contributed by atoms with Crippen LogP contribution in [0.5, 0.6) is 5.75 Å². The Labute approximate surface area is 194 Å². The molecule has 1 aliphatic heterocycles. The second-order valence-corrected chi connectivity index (χ2v) is 8.35. The molecule has 0 saturated carbocycles. The van der Waals surface area contributed by atoms with E-state index in [-0.39, 0.29) is 17.7 Å². The van der Waals surface area contributed by atoms with E-state index in [1.54, 1.807) is 18.0 Å². The summed E-state index contributed by atoms with van der Waals surface area (Å²) < 4.78 is 7.14. The maximum Gasteiger partial charge on any atom is 0.225 e. The largest absolute Gasteiger partial charge is 0.494 e. The lowest BCUT2D eigenvalue weighted by Gasteiger charge is -2.32. The summed E-state index contributed by atoms with van der Waals surface area (Å²) >= 11 is 0. The number of aryl methyl sites for hydroxylation is 1. The van der Waals surface area contributed by atoms with Gasteiger partial charge in [-0.1, -0.05) is 42.5 Å². The molecular weight excluding hydrogens is 416 g/mol. The Balaban J connectivity index is 1.28. The first kappa shape index (κ1) is 22.6. The molecule has 1 atom stereocenters. The zero-order valence-corrected chi connectivity index (χ0v) is 18.9. The van der Waals surface area contributed by atoms with E-state index in [0.29, 0.717) is 32.5 Å². The smallest absolute Gasteiger partial charge is 0.225 e. The molecule has 4 rings (SSSR count). The number of ether oxygens (including phenoxy) is 1. The number of amides is 2. The van der Waals surface area contributed by atoms with Gasteiger partial charge in [-0.05, 0) is 37.0 Å². The van der Waals surface area contributed by atoms with Gasteiger partial charge in [0.1, 0.15) is 11.4 Å². The molecule has 1 fully saturated rings. The van der Waals surface area contributed by atoms with Crippen molar-refractivity contribution in [2.24, 2.45) is 5.92 Å². The second kappa shape index (κ2) is 10.8. The molecule has 0 aliphatic carbocycles. The number of nitrogens with one attached hydrogen (secondary N) is 1. The van der Waals surface area contributed by atoms with E-state index in [0.717, 1.165) is 29.8 Å². The molecule has 172 valence electrons. The Kier molecular flexibility index (Phi) is 7.40. The molecule has 3 aromatic rings. The molecule has 7 nitrogen and oxygen atoms in total. The molecule has 0 bridgehead atoms. The standard InChI is InChI=1S/C26H30N4O3/c1-33-24-12-6-5-11-23(24)30-18-21(17-28-30)16-27-26(32)22-13-14-25(31)29(19-22)15-7-10-20-8-3-2-4-9-20/h2-6,8-9,11-12,17-18,22H,7,10,13-16,19H2,1H3,(H,27,32). The lowest BCUT2D eigenvalue weighted by molar-refractivity contribution is -0.138. The Morgan fingerprint density at radius 2 is 1.91 bits per heavy atom. The van der Waals surface area contributed by atoms with Gasteiger partial charge in [0, 0.05) is 37.8 Å². The summed E-state index contributed by atoms with van der Waals surface area (Å²) in [7, 11) is 1.63. The molecule has 1 N–H and O–H groups in total. The van der Waals surface area contributed by atoms with Crippen LogP contribution in [0.4, 0.5) is 0 Å². The highest BCUT2D eigenvalue weighted by Gasteiger charge is 2.29. The fraction of sp³-hybridized carbons (Fsp3) is 0.346. The third-order valence-corrected chi connectivity index (χ3v) is 6.04. The van der Waals surface area contributed by atoms with Crippen LogP contribution in [-0.4, -0.2) is 46.7 Å². The number of carbonyl (C=O) groups is 2. The van der Waals surface area contributed by atoms with E-state index >= 15 is 0 Å². The van der Waals surface area contributed by atoms with Crippen LogP contribution in [0.1, 0.15) is 30.4 Å². The minimum Gasteiger partial charge on any atom is -0.494 e. The van der Waals surface area contributed by atoms with Crippen molar-refractivity contribution in [1.82, 2.24) is 20.0 Å². The van der Waals surface area contributed by atoms with Crippen LogP contribution < -0.4 is 10.1 Å². The van der Waals surface area contributed by atoms with Crippen LogP contribution in [0.15, 0.2) is 67.0 Å². The molecule has 1 saturated heterocycles. The van der Waals surface area contributed by atoms with Gasteiger partial charge in [-0.25, -0.2) is 4.68 Å². The predicted molar refractivity (Wildman–Crippen MR) is 126 cm³/mol. The number of hydrogen-bond donors (Lipinski definition) is 1. The van der Waals surface area contributed by atoms with E-state index in [9.17, 15) is 9.59 Å². The van der Waals surface area contributed by atoms with Crippen LogP contribution in [0.3, 0.4) is 0 Å². The third kappa shape index (κ3) is 5.80. The first-order valence-corrected chi connectivity index (χ1v) is 11.4. The molecule has 2 heterocycles. The molecule has 0 radical (unpaired) electrons. The number of para-hydroxylation sites is 2. The Bertz CT molecular complexity index is 1080. The molecular formula is C26H30N4O3. The van der Waals surface area contributed by atoms with Crippen LogP contribution in [0.25, 0.3) is 5.69 Å². The summed E-state index contributed by atoms with van der Waals surface area (Å²) in [6.07, 6.45) is 6.48. The van der Waals surface area contributed by atoms with Crippen molar-refractivity contribution in [2.75, 3.05) is 20.2 Å². The number of aromatic nitrogens is 2. The van der Waals surface area contributed by atoms with Crippen molar-refractivity contribution in [1.29, 1.82) is 0 Å². The summed E-state index contributed by atoms with van der Waals surface area (Å²) in [6.45, 7) is 1.57. The minimum absolute atomic E-state index is 0.0133. The lowest BCUT2D eigenvalue weighted by atomic mass is 9.96. The second-order valence-electron chi connectivity index (χ2n) is 8.35. The number of benzene rings is 2. The van der Waals surface area contributed by atoms with Crippen molar-refractivity contribution in [3.63, 3.8) is 0 Å². The monoisotopic (exact) mass is 446 g/mol. The number of piperidine rings is 1. The van der Waals surface area contributed by atoms with Crippen molar-refractivity contribution < 1.29 is 14.3 Å². The normalized spacial score (nSPS) is 16.0. The van der Waals surface area contributed by atoms with Gasteiger partial charge in [-0.15, -0.1) is 0 Å². The van der Waals surface area contributed by atoms with Crippen molar-refractivity contribution in [3.05, 3.63) is 78.1 Å². The number of carbonyl (C=O) groups excluding carboxylic acids is 2. The highest BCUT2D eigenvalue weighted by atomic mass is 16.5. The summed E-state index contributed by atoms with van der Waals surface area (Å²) in [4.78, 5) is 27.0. The number of likely N-dealkylation sites (tertiary alicyclic amines) is 1. The number of nitrogens with zero attached hydrogens (tertiary/aromatic N) is 3. The Hall–Kier alpha value is -3.61. The van der Waals surface area contributed by atoms with Gasteiger partial charge in [-0.3, -0.25) is 9.59 Å². The van der Waals surface area contributed by atoms with Gasteiger partial charge in [0.2, 0.25) is 11.8 Å². The zero-order chi connectivity index (χ0) is 23.0. The molecule has 33 heavy (non-hydrogen) atoms. The van der Waals surface area contributed by atoms with Crippen molar-refractivity contribution in [3.8, 4) is 11.4 Å². The average molecular weight is 447 g/mol. The zero-order valence-electron chi connectivity index (χ0n) is 18.9. The fourth-order valence-corrected chi connectivity index (χ4v) is 4.20. The Morgan fingerprint density at radius 3 is 2.73 bits per heavy atom. The summed E-state index contributed by atoms with van der Waals surface area (Å²) in [5, 5.41) is 7.42. The summed E-state index contributed by atoms with van der Waals surface area (Å²) in [5.74, 6) is 0.685. The van der Waals surface area contributed by atoms with Crippen LogP contribution in [-0.2, 0) is 22.6 Å². The van der Waals surface area contributed by atoms with E-state index in [1.165, 1.54) is 5.56 Å². The van der Waals surface area contributed by atoms with E-state index < -0.39 is 0 Å². The van der Waals surface area contributed by atoms with E-state index in [1.807, 2.05) is 53.6 Å². The highest BCUT2D eigenvalue weighted by Crippen LogP contribution is 2.22. The molecule has 2 amide bonds. The number of methoxy groups -OCH3 is 1. The van der Waals surface area contributed by atoms with Gasteiger partial charge in [0.05, 0.1) is 19.2 Å². The Morgan fingerprint density at radius 1 is 1.12 bits per heavy atom. The van der Waals surface area contributed by atoms with Crippen molar-refractivity contribution in [2.45, 2.75) is 32.2 Å². The van der Waals surface area contributed by atoms with Gasteiger partial charge >= 0.3 is 0 Å². The number of rotatable bonds is 9. The first-order chi connectivity index (χ1) is 16.1. The van der Waals surface area contributed by atoms with Gasteiger partial charge in [-0.2, -0.15) is 5.10 Å². The summed E-state index contributed by atoms with van der Waals surface area (Å²) in [5.41, 5.74) is 3.01. The third-order valence-electron chi connectivity index (χ3n) is 6.04. The molecule has 1 unspecified atom stereocenters. The van der Waals surface area contributed by atoms with Crippen LogP contribution >= 0.6 is 0 Å². The molecule has 1 aromatic heterocycles. The molecule has 2 aromatic carbocycles. The minimum atomic E-state index is -0.177. The number of hydrogen-bond acceptors (Lipinski definition) is 4. The maximum absolute atomic E-state index is 12.8. The first-order valence-electron chi connectivity index (χ1n) is 11.4. The molecule has 7 heteroatoms. The molecule has 1 aliphatic rings. The quantitative estimate of drug-likeness (QED) is 0.547. The SMILES string of the molecule is COc1ccccc1-n1cc(CNC(=O)C2CCC(=O)N(CCCc3ccccc3)C2)cn1. The van der Waals surface area contributed by atoms with E-state index in [2.05, 4.69) is 22.5 Å².